The molecule has 4 aromatic rings. The van der Waals surface area contributed by atoms with E-state index in [0.717, 1.165) is 38.5 Å². The number of carbonyl (C=O) groups is 2. The van der Waals surface area contributed by atoms with Crippen LogP contribution in [-0.2, 0) is 4.79 Å². The average molecular weight is 529 g/mol. The van der Waals surface area contributed by atoms with Gasteiger partial charge in [0.25, 0.3) is 5.91 Å². The fourth-order valence-electron chi connectivity index (χ4n) is 4.81. The Kier molecular flexibility index (Phi) is 8.00. The van der Waals surface area contributed by atoms with E-state index in [1.54, 1.807) is 18.4 Å². The Bertz CT molecular complexity index is 1410. The normalized spacial score (nSPS) is 14.8. The van der Waals surface area contributed by atoms with Crippen LogP contribution in [0.15, 0.2) is 72.8 Å². The van der Waals surface area contributed by atoms with Crippen LogP contribution in [0.5, 0.6) is 5.75 Å². The topological polar surface area (TPSA) is 74.8 Å². The van der Waals surface area contributed by atoms with Crippen molar-refractivity contribution in [3.63, 3.8) is 0 Å². The quantitative estimate of drug-likeness (QED) is 0.349. The molecule has 7 nitrogen and oxygen atoms in total. The van der Waals surface area contributed by atoms with Crippen LogP contribution in [0.1, 0.15) is 35.3 Å². The molecular formula is C30H32N4O3S. The van der Waals surface area contributed by atoms with E-state index < -0.39 is 0 Å². The molecule has 2 heterocycles. The van der Waals surface area contributed by atoms with Crippen molar-refractivity contribution in [2.24, 2.45) is 0 Å². The zero-order chi connectivity index (χ0) is 26.5. The van der Waals surface area contributed by atoms with Gasteiger partial charge < -0.3 is 15.0 Å². The summed E-state index contributed by atoms with van der Waals surface area (Å²) in [5, 5.41) is 3.92. The first kappa shape index (κ1) is 25.9. The Morgan fingerprint density at radius 1 is 1.00 bits per heavy atom. The molecule has 1 aromatic heterocycles. The van der Waals surface area contributed by atoms with Crippen molar-refractivity contribution in [1.29, 1.82) is 0 Å². The number of piperazine rings is 1. The van der Waals surface area contributed by atoms with Gasteiger partial charge >= 0.3 is 0 Å². The van der Waals surface area contributed by atoms with Gasteiger partial charge in [0.1, 0.15) is 16.8 Å². The minimum atomic E-state index is -0.360. The number of amides is 2. The number of aromatic nitrogens is 1. The van der Waals surface area contributed by atoms with E-state index >= 15 is 0 Å². The number of hydrogen-bond acceptors (Lipinski definition) is 6. The minimum Gasteiger partial charge on any atom is -0.497 e. The Balaban J connectivity index is 1.29. The van der Waals surface area contributed by atoms with Gasteiger partial charge in [0, 0.05) is 43.9 Å². The van der Waals surface area contributed by atoms with Crippen LogP contribution in [0, 0.1) is 0 Å². The van der Waals surface area contributed by atoms with Crippen LogP contribution < -0.4 is 10.1 Å². The lowest BCUT2D eigenvalue weighted by Crippen LogP contribution is -2.52. The second kappa shape index (κ2) is 11.8. The van der Waals surface area contributed by atoms with Crippen molar-refractivity contribution in [2.45, 2.75) is 19.4 Å². The molecule has 38 heavy (non-hydrogen) atoms. The third-order valence-corrected chi connectivity index (χ3v) is 7.90. The summed E-state index contributed by atoms with van der Waals surface area (Å²) in [4.78, 5) is 35.3. The van der Waals surface area contributed by atoms with Gasteiger partial charge in [0.15, 0.2) is 0 Å². The first-order valence-corrected chi connectivity index (χ1v) is 13.8. The molecule has 1 saturated heterocycles. The SMILES string of the molecule is CCCNC(=O)C(c1ccccc1)N1CCN(C(=O)c2cccc(-c3nc4ccc(OC)cc4s3)c2)CC1. The highest BCUT2D eigenvalue weighted by atomic mass is 32.1. The number of nitrogens with one attached hydrogen (secondary N) is 1. The van der Waals surface area contributed by atoms with Crippen LogP contribution in [0.4, 0.5) is 0 Å². The molecule has 0 spiro atoms. The molecule has 1 unspecified atom stereocenters. The van der Waals surface area contributed by atoms with Gasteiger partial charge in [0.05, 0.1) is 17.3 Å². The molecule has 3 aromatic carbocycles. The molecule has 1 N–H and O–H groups in total. The summed E-state index contributed by atoms with van der Waals surface area (Å²) in [5.41, 5.74) is 3.45. The van der Waals surface area contributed by atoms with Gasteiger partial charge in [-0.25, -0.2) is 4.98 Å². The van der Waals surface area contributed by atoms with Gasteiger partial charge in [0.2, 0.25) is 5.91 Å². The molecular weight excluding hydrogens is 496 g/mol. The zero-order valence-electron chi connectivity index (χ0n) is 21.7. The summed E-state index contributed by atoms with van der Waals surface area (Å²) in [7, 11) is 1.65. The van der Waals surface area contributed by atoms with E-state index in [9.17, 15) is 9.59 Å². The number of ether oxygens (including phenoxy) is 1. The molecule has 0 bridgehead atoms. The number of rotatable bonds is 8. The molecule has 196 valence electrons. The van der Waals surface area contributed by atoms with Crippen LogP contribution in [0.2, 0.25) is 0 Å². The number of methoxy groups -OCH3 is 1. The summed E-state index contributed by atoms with van der Waals surface area (Å²) < 4.78 is 6.38. The molecule has 0 saturated carbocycles. The van der Waals surface area contributed by atoms with E-state index in [1.165, 1.54) is 0 Å². The zero-order valence-corrected chi connectivity index (χ0v) is 22.5. The summed E-state index contributed by atoms with van der Waals surface area (Å²) >= 11 is 1.58. The van der Waals surface area contributed by atoms with Gasteiger partial charge in [-0.1, -0.05) is 49.4 Å². The predicted molar refractivity (Wildman–Crippen MR) is 152 cm³/mol. The Morgan fingerprint density at radius 2 is 1.79 bits per heavy atom. The summed E-state index contributed by atoms with van der Waals surface area (Å²) in [6.45, 7) is 5.08. The molecule has 2 amide bonds. The smallest absolute Gasteiger partial charge is 0.253 e. The lowest BCUT2D eigenvalue weighted by Gasteiger charge is -2.38. The number of hydrogen-bond donors (Lipinski definition) is 1. The van der Waals surface area contributed by atoms with Gasteiger partial charge in [-0.15, -0.1) is 11.3 Å². The maximum atomic E-state index is 13.5. The van der Waals surface area contributed by atoms with Crippen molar-refractivity contribution < 1.29 is 14.3 Å². The predicted octanol–water partition coefficient (Wildman–Crippen LogP) is 5.00. The van der Waals surface area contributed by atoms with Crippen LogP contribution in [-0.4, -0.2) is 66.4 Å². The molecule has 1 aliphatic heterocycles. The number of thiazole rings is 1. The fraction of sp³-hybridized carbons (Fsp3) is 0.300. The average Bonchev–Trinajstić information content (AvgIpc) is 3.40. The number of benzene rings is 3. The monoisotopic (exact) mass is 528 g/mol. The second-order valence-corrected chi connectivity index (χ2v) is 10.4. The standard InChI is InChI=1S/C30H32N4O3S/c1-3-14-31-28(35)27(21-8-5-4-6-9-21)33-15-17-34(18-16-33)30(36)23-11-7-10-22(19-23)29-32-25-13-12-24(37-2)20-26(25)38-29/h4-13,19-20,27H,3,14-18H2,1-2H3,(H,31,35). The van der Waals surface area contributed by atoms with Crippen molar-refractivity contribution in [1.82, 2.24) is 20.1 Å². The lowest BCUT2D eigenvalue weighted by atomic mass is 10.0. The van der Waals surface area contributed by atoms with Gasteiger partial charge in [-0.3, -0.25) is 14.5 Å². The number of nitrogens with zero attached hydrogens (tertiary/aromatic N) is 3. The van der Waals surface area contributed by atoms with Crippen molar-refractivity contribution in [2.75, 3.05) is 39.8 Å². The molecule has 1 atom stereocenters. The molecule has 1 aliphatic rings. The van der Waals surface area contributed by atoms with Crippen LogP contribution in [0.3, 0.4) is 0 Å². The Hall–Kier alpha value is -3.75. The maximum Gasteiger partial charge on any atom is 0.253 e. The van der Waals surface area contributed by atoms with E-state index in [1.807, 2.05) is 84.6 Å². The minimum absolute atomic E-state index is 0.000904. The van der Waals surface area contributed by atoms with Crippen molar-refractivity contribution in [3.05, 3.63) is 83.9 Å². The Labute approximate surface area is 227 Å². The maximum absolute atomic E-state index is 13.5. The van der Waals surface area contributed by atoms with Crippen LogP contribution in [0.25, 0.3) is 20.8 Å². The number of carbonyl (C=O) groups excluding carboxylic acids is 2. The van der Waals surface area contributed by atoms with Gasteiger partial charge in [-0.2, -0.15) is 0 Å². The third kappa shape index (κ3) is 5.56. The van der Waals surface area contributed by atoms with E-state index in [0.29, 0.717) is 38.3 Å². The number of fused-ring (bicyclic) bond motifs is 1. The molecule has 1 fully saturated rings. The van der Waals surface area contributed by atoms with Crippen LogP contribution >= 0.6 is 11.3 Å². The van der Waals surface area contributed by atoms with E-state index in [2.05, 4.69) is 10.2 Å². The highest BCUT2D eigenvalue weighted by Gasteiger charge is 2.31. The first-order valence-electron chi connectivity index (χ1n) is 13.0. The first-order chi connectivity index (χ1) is 18.6. The molecule has 0 aliphatic carbocycles. The molecule has 5 rings (SSSR count). The highest BCUT2D eigenvalue weighted by Crippen LogP contribution is 2.33. The molecule has 0 radical (unpaired) electrons. The highest BCUT2D eigenvalue weighted by molar-refractivity contribution is 7.21. The summed E-state index contributed by atoms with van der Waals surface area (Å²) in [6.07, 6.45) is 0.889. The lowest BCUT2D eigenvalue weighted by molar-refractivity contribution is -0.127. The molecule has 8 heteroatoms. The van der Waals surface area contributed by atoms with Gasteiger partial charge in [-0.05, 0) is 42.3 Å². The third-order valence-electron chi connectivity index (χ3n) is 6.83. The van der Waals surface area contributed by atoms with Crippen molar-refractivity contribution in [3.8, 4) is 16.3 Å². The van der Waals surface area contributed by atoms with E-state index in [4.69, 9.17) is 9.72 Å². The van der Waals surface area contributed by atoms with E-state index in [-0.39, 0.29) is 17.9 Å². The summed E-state index contributed by atoms with van der Waals surface area (Å²) in [5.74, 6) is 0.813. The van der Waals surface area contributed by atoms with Crippen molar-refractivity contribution >= 4 is 33.4 Å². The fourth-order valence-corrected chi connectivity index (χ4v) is 5.81. The summed E-state index contributed by atoms with van der Waals surface area (Å²) in [6, 6.07) is 23.0. The Morgan fingerprint density at radius 3 is 2.53 bits per heavy atom. The largest absolute Gasteiger partial charge is 0.497 e. The second-order valence-electron chi connectivity index (χ2n) is 9.37.